The highest BCUT2D eigenvalue weighted by Gasteiger charge is 2.26. The zero-order valence-electron chi connectivity index (χ0n) is 16.7. The molecule has 0 spiro atoms. The van der Waals surface area contributed by atoms with Gasteiger partial charge in [-0.15, -0.1) is 5.92 Å². The number of hydrogen-bond acceptors (Lipinski definition) is 4. The molecule has 0 fully saturated rings. The van der Waals surface area contributed by atoms with Gasteiger partial charge < -0.3 is 10.4 Å². The van der Waals surface area contributed by atoms with Crippen molar-refractivity contribution in [3.63, 3.8) is 0 Å². The number of hydrazine groups is 1. The highest BCUT2D eigenvalue weighted by Crippen LogP contribution is 2.37. The smallest absolute Gasteiger partial charge is 0.337 e. The molecule has 4 rings (SSSR count). The van der Waals surface area contributed by atoms with Gasteiger partial charge >= 0.3 is 5.97 Å². The Kier molecular flexibility index (Phi) is 6.40. The number of rotatable bonds is 4. The number of pyridine rings is 1. The normalized spacial score (nSPS) is 17.1. The summed E-state index contributed by atoms with van der Waals surface area (Å²) in [5, 5.41) is 13.0. The number of carboxylic acids is 1. The lowest BCUT2D eigenvalue weighted by Gasteiger charge is -2.26. The number of carboxylic acid groups (broad SMARTS) is 1. The minimum absolute atomic E-state index is 0.0152. The van der Waals surface area contributed by atoms with Crippen LogP contribution in [0, 0.1) is 11.8 Å². The number of benzene rings is 1. The number of aryl methyl sites for hydroxylation is 1. The number of aromatic nitrogens is 1. The number of aromatic carboxylic acids is 1. The summed E-state index contributed by atoms with van der Waals surface area (Å²) in [5.41, 5.74) is 11.1. The van der Waals surface area contributed by atoms with Gasteiger partial charge in [-0.2, -0.15) is 0 Å². The number of halogens is 1. The Bertz CT molecular complexity index is 1140. The van der Waals surface area contributed by atoms with E-state index in [0.717, 1.165) is 32.1 Å². The maximum absolute atomic E-state index is 11.0. The molecule has 1 aromatic carbocycles. The van der Waals surface area contributed by atoms with Gasteiger partial charge in [-0.1, -0.05) is 47.4 Å². The van der Waals surface area contributed by atoms with Gasteiger partial charge in [-0.05, 0) is 54.2 Å². The van der Waals surface area contributed by atoms with Crippen LogP contribution in [-0.2, 0) is 6.42 Å². The summed E-state index contributed by atoms with van der Waals surface area (Å²) in [5.74, 6) is 5.72. The van der Waals surface area contributed by atoms with Crippen LogP contribution in [0.5, 0.6) is 0 Å². The van der Waals surface area contributed by atoms with Crippen LogP contribution >= 0.6 is 23.8 Å². The molecule has 0 saturated heterocycles. The number of hydrogen-bond donors (Lipinski definition) is 4. The lowest BCUT2D eigenvalue weighted by atomic mass is 9.91. The lowest BCUT2D eigenvalue weighted by Crippen LogP contribution is -2.41. The van der Waals surface area contributed by atoms with Gasteiger partial charge in [0.1, 0.15) is 0 Å². The van der Waals surface area contributed by atoms with Crippen LogP contribution in [0.1, 0.15) is 53.2 Å². The summed E-state index contributed by atoms with van der Waals surface area (Å²) in [6, 6.07) is 9.72. The SMILES string of the molecule is O=C(O)c1cnc(NNC(=S)NC2C3=C(CC#CCC3)CCc3ccccc32)c(Cl)c1. The fourth-order valence-electron chi connectivity index (χ4n) is 3.95. The maximum atomic E-state index is 11.0. The minimum atomic E-state index is -1.09. The first-order chi connectivity index (χ1) is 15.0. The molecule has 1 heterocycles. The van der Waals surface area contributed by atoms with Crippen molar-refractivity contribution in [3.8, 4) is 11.8 Å². The molecule has 1 unspecified atom stereocenters. The van der Waals surface area contributed by atoms with E-state index in [-0.39, 0.29) is 16.6 Å². The zero-order chi connectivity index (χ0) is 21.8. The molecule has 2 aliphatic rings. The second-order valence-electron chi connectivity index (χ2n) is 7.37. The number of nitrogens with zero attached hydrogens (tertiary/aromatic N) is 1. The molecule has 1 atom stereocenters. The van der Waals surface area contributed by atoms with Crippen molar-refractivity contribution in [2.24, 2.45) is 0 Å². The van der Waals surface area contributed by atoms with Gasteiger partial charge in [0.25, 0.3) is 0 Å². The summed E-state index contributed by atoms with van der Waals surface area (Å²) < 4.78 is 0. The topological polar surface area (TPSA) is 86.3 Å². The molecule has 6 nitrogen and oxygen atoms in total. The van der Waals surface area contributed by atoms with Gasteiger partial charge in [-0.25, -0.2) is 9.78 Å². The minimum Gasteiger partial charge on any atom is -0.478 e. The highest BCUT2D eigenvalue weighted by molar-refractivity contribution is 7.80. The first-order valence-electron chi connectivity index (χ1n) is 9.98. The molecule has 4 N–H and O–H groups in total. The van der Waals surface area contributed by atoms with E-state index in [0.29, 0.717) is 10.9 Å². The zero-order valence-corrected chi connectivity index (χ0v) is 18.2. The average molecular weight is 453 g/mol. The van der Waals surface area contributed by atoms with Gasteiger partial charge in [-0.3, -0.25) is 10.9 Å². The van der Waals surface area contributed by atoms with E-state index in [1.807, 2.05) is 0 Å². The van der Waals surface area contributed by atoms with Crippen LogP contribution in [0.25, 0.3) is 0 Å². The van der Waals surface area contributed by atoms with Gasteiger partial charge in [0, 0.05) is 19.0 Å². The second kappa shape index (κ2) is 9.38. The molecule has 0 amide bonds. The van der Waals surface area contributed by atoms with Crippen molar-refractivity contribution in [2.45, 2.75) is 38.1 Å². The Labute approximate surface area is 191 Å². The van der Waals surface area contributed by atoms with Gasteiger partial charge in [0.05, 0.1) is 16.6 Å². The number of fused-ring (bicyclic) bond motifs is 1. The molecule has 31 heavy (non-hydrogen) atoms. The molecule has 8 heteroatoms. The van der Waals surface area contributed by atoms with Gasteiger partial charge in [0.15, 0.2) is 10.9 Å². The van der Waals surface area contributed by atoms with Crippen molar-refractivity contribution in [2.75, 3.05) is 5.43 Å². The fourth-order valence-corrected chi connectivity index (χ4v) is 4.34. The van der Waals surface area contributed by atoms with Crippen molar-refractivity contribution >= 4 is 40.7 Å². The van der Waals surface area contributed by atoms with E-state index < -0.39 is 5.97 Å². The van der Waals surface area contributed by atoms with Crippen LogP contribution in [0.15, 0.2) is 47.7 Å². The first kappa shape index (κ1) is 21.2. The molecule has 0 saturated carbocycles. The molecule has 0 aliphatic heterocycles. The van der Waals surface area contributed by atoms with Crippen molar-refractivity contribution < 1.29 is 9.90 Å². The second-order valence-corrected chi connectivity index (χ2v) is 8.19. The van der Waals surface area contributed by atoms with Crippen molar-refractivity contribution in [1.82, 2.24) is 15.7 Å². The molecular formula is C23H21ClN4O2S. The third kappa shape index (κ3) is 4.82. The summed E-state index contributed by atoms with van der Waals surface area (Å²) in [6.07, 6.45) is 5.78. The maximum Gasteiger partial charge on any atom is 0.337 e. The number of carbonyl (C=O) groups is 1. The van der Waals surface area contributed by atoms with Gasteiger partial charge in [0.2, 0.25) is 0 Å². The number of thiocarbonyl (C=S) groups is 1. The standard InChI is InChI=1S/C23H21ClN4O2S/c24-19-12-16(22(29)30)13-25-21(19)27-28-23(31)26-20-17-8-3-1-2-6-14(17)10-11-15-7-4-5-9-18(15)20/h4-5,7,9,12-13,20H,3,6,8,10-11H2,(H,25,27)(H,29,30)(H2,26,28,31). The predicted molar refractivity (Wildman–Crippen MR) is 125 cm³/mol. The Morgan fingerprint density at radius 1 is 1.23 bits per heavy atom. The molecule has 2 aromatic rings. The van der Waals surface area contributed by atoms with E-state index in [2.05, 4.69) is 57.3 Å². The van der Waals surface area contributed by atoms with Crippen molar-refractivity contribution in [1.29, 1.82) is 0 Å². The molecule has 2 aliphatic carbocycles. The van der Waals surface area contributed by atoms with Crippen molar-refractivity contribution in [3.05, 3.63) is 69.4 Å². The quantitative estimate of drug-likeness (QED) is 0.237. The molecular weight excluding hydrogens is 432 g/mol. The largest absolute Gasteiger partial charge is 0.478 e. The van der Waals surface area contributed by atoms with E-state index in [4.69, 9.17) is 28.9 Å². The summed E-state index contributed by atoms with van der Waals surface area (Å²) in [6.45, 7) is 0. The summed E-state index contributed by atoms with van der Waals surface area (Å²) in [4.78, 5) is 15.1. The van der Waals surface area contributed by atoms with Crippen LogP contribution in [0.4, 0.5) is 5.82 Å². The Hall–Kier alpha value is -3.08. The van der Waals surface area contributed by atoms with E-state index in [9.17, 15) is 4.79 Å². The Balaban J connectivity index is 1.52. The Morgan fingerprint density at radius 3 is 2.87 bits per heavy atom. The predicted octanol–water partition coefficient (Wildman–Crippen LogP) is 4.40. The van der Waals surface area contributed by atoms with Crippen LogP contribution in [-0.4, -0.2) is 21.2 Å². The monoisotopic (exact) mass is 452 g/mol. The molecule has 0 radical (unpaired) electrons. The summed E-state index contributed by atoms with van der Waals surface area (Å²) in [7, 11) is 0. The molecule has 1 aromatic heterocycles. The third-order valence-corrected chi connectivity index (χ3v) is 5.98. The van der Waals surface area contributed by atoms with E-state index in [1.54, 1.807) is 0 Å². The summed E-state index contributed by atoms with van der Waals surface area (Å²) >= 11 is 11.7. The first-order valence-corrected chi connectivity index (χ1v) is 10.8. The molecule has 0 bridgehead atoms. The Morgan fingerprint density at radius 2 is 2.06 bits per heavy atom. The fraction of sp³-hybridized carbons (Fsp3) is 0.261. The van der Waals surface area contributed by atoms with E-state index in [1.165, 1.54) is 34.5 Å². The number of anilines is 1. The highest BCUT2D eigenvalue weighted by atomic mass is 35.5. The average Bonchev–Trinajstić information content (AvgIpc) is 3.07. The lowest BCUT2D eigenvalue weighted by molar-refractivity contribution is 0.0696. The van der Waals surface area contributed by atoms with Crippen LogP contribution in [0.2, 0.25) is 5.02 Å². The van der Waals surface area contributed by atoms with Crippen LogP contribution in [0.3, 0.4) is 0 Å². The number of nitrogens with one attached hydrogen (secondary N) is 3. The van der Waals surface area contributed by atoms with Crippen LogP contribution < -0.4 is 16.2 Å². The molecule has 158 valence electrons. The number of allylic oxidation sites excluding steroid dienone is 1. The third-order valence-electron chi connectivity index (χ3n) is 5.47. The van der Waals surface area contributed by atoms with E-state index >= 15 is 0 Å².